The highest BCUT2D eigenvalue weighted by Gasteiger charge is 2.17. The van der Waals surface area contributed by atoms with Crippen molar-refractivity contribution in [2.24, 2.45) is 0 Å². The summed E-state index contributed by atoms with van der Waals surface area (Å²) in [7, 11) is 0. The van der Waals surface area contributed by atoms with Gasteiger partial charge in [0.1, 0.15) is 0 Å². The van der Waals surface area contributed by atoms with Gasteiger partial charge in [-0.05, 0) is 59.8 Å². The van der Waals surface area contributed by atoms with Crippen LogP contribution in [0.1, 0.15) is 36.1 Å². The van der Waals surface area contributed by atoms with Crippen LogP contribution >= 0.6 is 11.3 Å². The van der Waals surface area contributed by atoms with Crippen molar-refractivity contribution in [3.05, 3.63) is 57.3 Å². The fraction of sp³-hybridized carbons (Fsp3) is 0.375. The molecule has 0 spiro atoms. The number of rotatable bonds is 6. The number of hydrogen-bond donors (Lipinski definition) is 1. The van der Waals surface area contributed by atoms with Crippen LogP contribution in [-0.4, -0.2) is 6.54 Å². The van der Waals surface area contributed by atoms with Crippen molar-refractivity contribution in [3.8, 4) is 0 Å². The van der Waals surface area contributed by atoms with Gasteiger partial charge in [0.15, 0.2) is 11.6 Å². The van der Waals surface area contributed by atoms with Crippen LogP contribution in [0.25, 0.3) is 0 Å². The molecule has 1 aromatic heterocycles. The molecule has 0 amide bonds. The molecule has 2 rings (SSSR count). The minimum Gasteiger partial charge on any atom is -0.310 e. The van der Waals surface area contributed by atoms with Crippen molar-refractivity contribution in [1.29, 1.82) is 0 Å². The van der Waals surface area contributed by atoms with Crippen LogP contribution in [0.15, 0.2) is 29.0 Å². The van der Waals surface area contributed by atoms with E-state index < -0.39 is 11.6 Å². The fourth-order valence-corrected chi connectivity index (χ4v) is 3.17. The van der Waals surface area contributed by atoms with Crippen LogP contribution in [0, 0.1) is 18.6 Å². The quantitative estimate of drug-likeness (QED) is 0.820. The zero-order valence-corrected chi connectivity index (χ0v) is 12.6. The highest BCUT2D eigenvalue weighted by molar-refractivity contribution is 7.08. The van der Waals surface area contributed by atoms with Gasteiger partial charge >= 0.3 is 0 Å². The lowest BCUT2D eigenvalue weighted by Crippen LogP contribution is -2.24. The first-order chi connectivity index (χ1) is 9.63. The largest absolute Gasteiger partial charge is 0.310 e. The first-order valence-electron chi connectivity index (χ1n) is 6.82. The summed E-state index contributed by atoms with van der Waals surface area (Å²) in [5.74, 6) is -1.51. The molecular formula is C16H19F2NS. The van der Waals surface area contributed by atoms with Gasteiger partial charge in [0, 0.05) is 6.04 Å². The van der Waals surface area contributed by atoms with Gasteiger partial charge in [-0.3, -0.25) is 0 Å². The molecule has 108 valence electrons. The third kappa shape index (κ3) is 3.44. The van der Waals surface area contributed by atoms with Crippen LogP contribution in [0.3, 0.4) is 0 Å². The van der Waals surface area contributed by atoms with Crippen molar-refractivity contribution in [2.45, 2.75) is 32.7 Å². The molecule has 1 nitrogen and oxygen atoms in total. The Kier molecular flexibility index (Phi) is 5.26. The Bertz CT molecular complexity index is 565. The Morgan fingerprint density at radius 1 is 1.25 bits per heavy atom. The molecule has 0 saturated heterocycles. The molecule has 1 heterocycles. The standard InChI is InChI=1S/C16H19F2NS/c1-3-7-19-15(13-10-20-9-11(13)2)8-12-5-4-6-14(17)16(12)18/h4-6,9-10,15,19H,3,7-8H2,1-2H3. The fourth-order valence-electron chi connectivity index (χ4n) is 2.26. The van der Waals surface area contributed by atoms with Gasteiger partial charge in [-0.1, -0.05) is 19.1 Å². The van der Waals surface area contributed by atoms with Gasteiger partial charge in [0.05, 0.1) is 0 Å². The maximum atomic E-state index is 13.8. The summed E-state index contributed by atoms with van der Waals surface area (Å²) in [5.41, 5.74) is 2.79. The highest BCUT2D eigenvalue weighted by Crippen LogP contribution is 2.26. The second kappa shape index (κ2) is 6.95. The van der Waals surface area contributed by atoms with E-state index in [4.69, 9.17) is 0 Å². The van der Waals surface area contributed by atoms with E-state index in [1.165, 1.54) is 11.1 Å². The molecule has 1 aromatic carbocycles. The number of nitrogens with one attached hydrogen (secondary N) is 1. The summed E-state index contributed by atoms with van der Waals surface area (Å²) in [6.07, 6.45) is 1.46. The smallest absolute Gasteiger partial charge is 0.162 e. The maximum Gasteiger partial charge on any atom is 0.162 e. The topological polar surface area (TPSA) is 12.0 Å². The molecule has 1 N–H and O–H groups in total. The van der Waals surface area contributed by atoms with Crippen molar-refractivity contribution in [2.75, 3.05) is 6.54 Å². The predicted molar refractivity (Wildman–Crippen MR) is 80.2 cm³/mol. The average Bonchev–Trinajstić information content (AvgIpc) is 2.85. The molecular weight excluding hydrogens is 276 g/mol. The lowest BCUT2D eigenvalue weighted by molar-refractivity contribution is 0.477. The molecule has 0 saturated carbocycles. The third-order valence-electron chi connectivity index (χ3n) is 3.37. The van der Waals surface area contributed by atoms with Crippen LogP contribution in [0.5, 0.6) is 0 Å². The van der Waals surface area contributed by atoms with Crippen LogP contribution in [-0.2, 0) is 6.42 Å². The zero-order valence-electron chi connectivity index (χ0n) is 11.7. The van der Waals surface area contributed by atoms with E-state index in [0.717, 1.165) is 19.0 Å². The number of aryl methyl sites for hydroxylation is 1. The van der Waals surface area contributed by atoms with Crippen molar-refractivity contribution in [1.82, 2.24) is 5.32 Å². The Labute approximate surface area is 122 Å². The first kappa shape index (κ1) is 15.1. The number of hydrogen-bond acceptors (Lipinski definition) is 2. The van der Waals surface area contributed by atoms with E-state index in [1.54, 1.807) is 23.5 Å². The van der Waals surface area contributed by atoms with Gasteiger partial charge in [-0.2, -0.15) is 11.3 Å². The van der Waals surface area contributed by atoms with E-state index in [9.17, 15) is 8.78 Å². The van der Waals surface area contributed by atoms with E-state index >= 15 is 0 Å². The summed E-state index contributed by atoms with van der Waals surface area (Å²) in [6.45, 7) is 5.00. The summed E-state index contributed by atoms with van der Waals surface area (Å²) < 4.78 is 27.1. The van der Waals surface area contributed by atoms with E-state index in [-0.39, 0.29) is 6.04 Å². The molecule has 1 unspecified atom stereocenters. The second-order valence-corrected chi connectivity index (χ2v) is 5.68. The van der Waals surface area contributed by atoms with Crippen molar-refractivity contribution < 1.29 is 8.78 Å². The number of halogens is 2. The molecule has 0 radical (unpaired) electrons. The summed E-state index contributed by atoms with van der Waals surface area (Å²) in [6, 6.07) is 4.40. The first-order valence-corrected chi connectivity index (χ1v) is 7.76. The highest BCUT2D eigenvalue weighted by atomic mass is 32.1. The molecule has 1 atom stereocenters. The monoisotopic (exact) mass is 295 g/mol. The molecule has 0 aliphatic heterocycles. The maximum absolute atomic E-state index is 13.8. The summed E-state index contributed by atoms with van der Waals surface area (Å²) in [5, 5.41) is 7.59. The Morgan fingerprint density at radius 2 is 2.05 bits per heavy atom. The normalized spacial score (nSPS) is 12.6. The lowest BCUT2D eigenvalue weighted by atomic mass is 9.98. The second-order valence-electron chi connectivity index (χ2n) is 4.93. The van der Waals surface area contributed by atoms with Gasteiger partial charge in [-0.15, -0.1) is 0 Å². The summed E-state index contributed by atoms with van der Waals surface area (Å²) in [4.78, 5) is 0. The predicted octanol–water partition coefficient (Wildman–Crippen LogP) is 4.62. The molecule has 0 fully saturated rings. The zero-order chi connectivity index (χ0) is 14.5. The van der Waals surface area contributed by atoms with Gasteiger partial charge in [0.25, 0.3) is 0 Å². The van der Waals surface area contributed by atoms with E-state index in [2.05, 4.69) is 23.0 Å². The van der Waals surface area contributed by atoms with Crippen LogP contribution in [0.4, 0.5) is 8.78 Å². The minimum absolute atomic E-state index is 0.0255. The Balaban J connectivity index is 2.24. The molecule has 0 aliphatic carbocycles. The molecule has 20 heavy (non-hydrogen) atoms. The van der Waals surface area contributed by atoms with Crippen LogP contribution in [0.2, 0.25) is 0 Å². The van der Waals surface area contributed by atoms with Crippen LogP contribution < -0.4 is 5.32 Å². The lowest BCUT2D eigenvalue weighted by Gasteiger charge is -2.19. The Hall–Kier alpha value is -1.26. The average molecular weight is 295 g/mol. The molecule has 4 heteroatoms. The van der Waals surface area contributed by atoms with Crippen molar-refractivity contribution in [3.63, 3.8) is 0 Å². The summed E-state index contributed by atoms with van der Waals surface area (Å²) >= 11 is 1.64. The van der Waals surface area contributed by atoms with Crippen molar-refractivity contribution >= 4 is 11.3 Å². The number of thiophene rings is 1. The molecule has 0 aliphatic rings. The molecule has 2 aromatic rings. The van der Waals surface area contributed by atoms with Gasteiger partial charge in [-0.25, -0.2) is 8.78 Å². The number of benzene rings is 1. The van der Waals surface area contributed by atoms with Gasteiger partial charge < -0.3 is 5.32 Å². The van der Waals surface area contributed by atoms with Gasteiger partial charge in [0.2, 0.25) is 0 Å². The van der Waals surface area contributed by atoms with E-state index in [1.807, 2.05) is 6.92 Å². The Morgan fingerprint density at radius 3 is 2.70 bits per heavy atom. The SMILES string of the molecule is CCCNC(Cc1cccc(F)c1F)c1cscc1C. The molecule has 0 bridgehead atoms. The van der Waals surface area contributed by atoms with E-state index in [0.29, 0.717) is 12.0 Å². The minimum atomic E-state index is -0.779. The third-order valence-corrected chi connectivity index (χ3v) is 4.25.